The summed E-state index contributed by atoms with van der Waals surface area (Å²) in [5, 5.41) is 3.15. The van der Waals surface area contributed by atoms with Crippen LogP contribution in [0.1, 0.15) is 41.0 Å². The largest absolute Gasteiger partial charge is 0.350 e. The maximum atomic E-state index is 11.9. The zero-order valence-corrected chi connectivity index (χ0v) is 11.0. The third kappa shape index (κ3) is 4.36. The van der Waals surface area contributed by atoms with Gasteiger partial charge in [0.15, 0.2) is 0 Å². The molecule has 14 heavy (non-hydrogen) atoms. The number of carbonyl (C=O) groups is 1. The van der Waals surface area contributed by atoms with Gasteiger partial charge in [-0.2, -0.15) is 11.8 Å². The molecule has 0 saturated heterocycles. The normalized spacial score (nSPS) is 14.2. The standard InChI is InChI=1S/C11H23NOS/c1-7-11(4,5)12-10(13)9(14-6)8(2)3/h8-9H,7H2,1-6H3,(H,12,13)/t9-/m1/s1. The molecule has 0 heterocycles. The number of hydrogen-bond acceptors (Lipinski definition) is 2. The Morgan fingerprint density at radius 1 is 1.43 bits per heavy atom. The summed E-state index contributed by atoms with van der Waals surface area (Å²) < 4.78 is 0. The van der Waals surface area contributed by atoms with Crippen LogP contribution in [0.2, 0.25) is 0 Å². The van der Waals surface area contributed by atoms with Gasteiger partial charge in [-0.25, -0.2) is 0 Å². The Morgan fingerprint density at radius 3 is 2.21 bits per heavy atom. The minimum atomic E-state index is -0.0834. The predicted octanol–water partition coefficient (Wildman–Crippen LogP) is 2.68. The second-order valence-corrected chi connectivity index (χ2v) is 5.61. The Hall–Kier alpha value is -0.180. The van der Waals surface area contributed by atoms with Gasteiger partial charge >= 0.3 is 0 Å². The number of amides is 1. The molecular formula is C11H23NOS. The lowest BCUT2D eigenvalue weighted by atomic mass is 10.0. The van der Waals surface area contributed by atoms with Crippen molar-refractivity contribution >= 4 is 17.7 Å². The highest BCUT2D eigenvalue weighted by Crippen LogP contribution is 2.18. The quantitative estimate of drug-likeness (QED) is 0.767. The van der Waals surface area contributed by atoms with Crippen molar-refractivity contribution in [1.82, 2.24) is 5.32 Å². The number of rotatable bonds is 5. The molecule has 0 spiro atoms. The molecule has 0 radical (unpaired) electrons. The zero-order valence-electron chi connectivity index (χ0n) is 10.2. The minimum Gasteiger partial charge on any atom is -0.350 e. The fraction of sp³-hybridized carbons (Fsp3) is 0.909. The van der Waals surface area contributed by atoms with E-state index in [1.807, 2.05) is 6.26 Å². The van der Waals surface area contributed by atoms with Crippen molar-refractivity contribution in [2.75, 3.05) is 6.26 Å². The first kappa shape index (κ1) is 13.8. The molecule has 0 aliphatic rings. The second-order valence-electron chi connectivity index (χ2n) is 4.63. The van der Waals surface area contributed by atoms with Crippen LogP contribution in [0.15, 0.2) is 0 Å². The highest BCUT2D eigenvalue weighted by molar-refractivity contribution is 7.99. The lowest BCUT2D eigenvalue weighted by Crippen LogP contribution is -2.47. The molecule has 0 bridgehead atoms. The van der Waals surface area contributed by atoms with E-state index in [-0.39, 0.29) is 16.7 Å². The first-order valence-corrected chi connectivity index (χ1v) is 6.47. The predicted molar refractivity (Wildman–Crippen MR) is 64.7 cm³/mol. The van der Waals surface area contributed by atoms with Gasteiger partial charge in [-0.15, -0.1) is 0 Å². The number of hydrogen-bond donors (Lipinski definition) is 1. The van der Waals surface area contributed by atoms with Crippen LogP contribution in [-0.4, -0.2) is 23.0 Å². The Morgan fingerprint density at radius 2 is 1.93 bits per heavy atom. The monoisotopic (exact) mass is 217 g/mol. The van der Waals surface area contributed by atoms with Gasteiger partial charge in [0.25, 0.3) is 0 Å². The fourth-order valence-corrected chi connectivity index (χ4v) is 1.99. The molecule has 84 valence electrons. The maximum Gasteiger partial charge on any atom is 0.233 e. The maximum absolute atomic E-state index is 11.9. The van der Waals surface area contributed by atoms with Gasteiger partial charge in [-0.3, -0.25) is 4.79 Å². The van der Waals surface area contributed by atoms with Crippen molar-refractivity contribution < 1.29 is 4.79 Å². The summed E-state index contributed by atoms with van der Waals surface area (Å²) in [5.41, 5.74) is -0.0834. The third-order valence-electron chi connectivity index (χ3n) is 2.46. The van der Waals surface area contributed by atoms with E-state index in [1.54, 1.807) is 11.8 Å². The smallest absolute Gasteiger partial charge is 0.233 e. The Kier molecular flexibility index (Phi) is 5.57. The molecule has 1 atom stereocenters. The van der Waals surface area contributed by atoms with Crippen LogP contribution >= 0.6 is 11.8 Å². The highest BCUT2D eigenvalue weighted by atomic mass is 32.2. The number of thioether (sulfide) groups is 1. The molecule has 2 nitrogen and oxygen atoms in total. The van der Waals surface area contributed by atoms with Gasteiger partial charge in [0.2, 0.25) is 5.91 Å². The lowest BCUT2D eigenvalue weighted by Gasteiger charge is -2.28. The van der Waals surface area contributed by atoms with Crippen LogP contribution in [0.25, 0.3) is 0 Å². The van der Waals surface area contributed by atoms with Gasteiger partial charge in [0, 0.05) is 5.54 Å². The highest BCUT2D eigenvalue weighted by Gasteiger charge is 2.25. The van der Waals surface area contributed by atoms with E-state index >= 15 is 0 Å². The van der Waals surface area contributed by atoms with E-state index in [0.717, 1.165) is 6.42 Å². The lowest BCUT2D eigenvalue weighted by molar-refractivity contribution is -0.122. The third-order valence-corrected chi connectivity index (χ3v) is 3.73. The second kappa shape index (κ2) is 5.64. The average Bonchev–Trinajstić information content (AvgIpc) is 2.03. The zero-order chi connectivity index (χ0) is 11.4. The summed E-state index contributed by atoms with van der Waals surface area (Å²) in [4.78, 5) is 11.9. The SMILES string of the molecule is CCC(C)(C)NC(=O)[C@H](SC)C(C)C. The molecule has 0 aromatic heterocycles. The van der Waals surface area contributed by atoms with Crippen molar-refractivity contribution in [3.63, 3.8) is 0 Å². The molecular weight excluding hydrogens is 194 g/mol. The van der Waals surface area contributed by atoms with E-state index < -0.39 is 0 Å². The average molecular weight is 217 g/mol. The summed E-state index contributed by atoms with van der Waals surface area (Å²) >= 11 is 1.63. The summed E-state index contributed by atoms with van der Waals surface area (Å²) in [7, 11) is 0. The first-order valence-electron chi connectivity index (χ1n) is 5.19. The molecule has 0 aromatic rings. The Labute approximate surface area is 92.2 Å². The van der Waals surface area contributed by atoms with Crippen molar-refractivity contribution in [1.29, 1.82) is 0 Å². The fourth-order valence-electron chi connectivity index (χ4n) is 1.17. The Bertz CT molecular complexity index is 190. The Balaban J connectivity index is 4.32. The van der Waals surface area contributed by atoms with Crippen molar-refractivity contribution in [3.05, 3.63) is 0 Å². The van der Waals surface area contributed by atoms with Crippen LogP contribution in [0.5, 0.6) is 0 Å². The van der Waals surface area contributed by atoms with Gasteiger partial charge in [-0.05, 0) is 32.4 Å². The summed E-state index contributed by atoms with van der Waals surface area (Å²) in [5.74, 6) is 0.553. The van der Waals surface area contributed by atoms with Gasteiger partial charge in [-0.1, -0.05) is 20.8 Å². The molecule has 1 N–H and O–H groups in total. The topological polar surface area (TPSA) is 29.1 Å². The summed E-state index contributed by atoms with van der Waals surface area (Å²) in [6.45, 7) is 10.4. The van der Waals surface area contributed by atoms with Crippen LogP contribution in [-0.2, 0) is 4.79 Å². The van der Waals surface area contributed by atoms with E-state index in [9.17, 15) is 4.79 Å². The van der Waals surface area contributed by atoms with E-state index in [0.29, 0.717) is 5.92 Å². The van der Waals surface area contributed by atoms with Gasteiger partial charge in [0.05, 0.1) is 5.25 Å². The van der Waals surface area contributed by atoms with E-state index in [4.69, 9.17) is 0 Å². The number of nitrogens with one attached hydrogen (secondary N) is 1. The molecule has 0 saturated carbocycles. The van der Waals surface area contributed by atoms with Crippen molar-refractivity contribution in [3.8, 4) is 0 Å². The van der Waals surface area contributed by atoms with Crippen LogP contribution in [0.3, 0.4) is 0 Å². The van der Waals surface area contributed by atoms with Gasteiger partial charge in [0.1, 0.15) is 0 Å². The van der Waals surface area contributed by atoms with Crippen molar-refractivity contribution in [2.24, 2.45) is 5.92 Å². The summed E-state index contributed by atoms with van der Waals surface area (Å²) in [6, 6.07) is 0. The molecule has 1 amide bonds. The molecule has 3 heteroatoms. The summed E-state index contributed by atoms with van der Waals surface area (Å²) in [6.07, 6.45) is 2.95. The van der Waals surface area contributed by atoms with E-state index in [2.05, 4.69) is 39.9 Å². The minimum absolute atomic E-state index is 0.0702. The van der Waals surface area contributed by atoms with Crippen molar-refractivity contribution in [2.45, 2.75) is 51.8 Å². The molecule has 0 aliphatic heterocycles. The molecule has 0 unspecified atom stereocenters. The molecule has 0 aliphatic carbocycles. The molecule has 0 fully saturated rings. The molecule has 0 rings (SSSR count). The molecule has 0 aromatic carbocycles. The van der Waals surface area contributed by atoms with Crippen LogP contribution in [0, 0.1) is 5.92 Å². The first-order chi connectivity index (χ1) is 6.34. The van der Waals surface area contributed by atoms with Crippen LogP contribution in [0.4, 0.5) is 0 Å². The van der Waals surface area contributed by atoms with Crippen LogP contribution < -0.4 is 5.32 Å². The number of carbonyl (C=O) groups excluding carboxylic acids is 1. The van der Waals surface area contributed by atoms with Gasteiger partial charge < -0.3 is 5.32 Å². The van der Waals surface area contributed by atoms with E-state index in [1.165, 1.54) is 0 Å².